The van der Waals surface area contributed by atoms with E-state index in [9.17, 15) is 14.4 Å². The van der Waals surface area contributed by atoms with Crippen LogP contribution in [0.3, 0.4) is 0 Å². The normalized spacial score (nSPS) is 17.7. The molecule has 3 amide bonds. The van der Waals surface area contributed by atoms with E-state index >= 15 is 0 Å². The van der Waals surface area contributed by atoms with Crippen LogP contribution in [0.5, 0.6) is 0 Å². The quantitative estimate of drug-likeness (QED) is 0.503. The predicted molar refractivity (Wildman–Crippen MR) is 128 cm³/mol. The van der Waals surface area contributed by atoms with Gasteiger partial charge in [0.05, 0.1) is 17.8 Å². The summed E-state index contributed by atoms with van der Waals surface area (Å²) in [6, 6.07) is 15.9. The van der Waals surface area contributed by atoms with E-state index in [0.29, 0.717) is 13.0 Å². The molecule has 0 bridgehead atoms. The molecule has 2 heterocycles. The summed E-state index contributed by atoms with van der Waals surface area (Å²) in [7, 11) is 0. The molecule has 0 radical (unpaired) electrons. The van der Waals surface area contributed by atoms with Crippen LogP contribution in [0.4, 0.5) is 0 Å². The minimum atomic E-state index is -0.892. The molecule has 3 aromatic rings. The lowest BCUT2D eigenvalue weighted by atomic mass is 10.0. The highest BCUT2D eigenvalue weighted by atomic mass is 16.2. The van der Waals surface area contributed by atoms with E-state index in [1.165, 1.54) is 0 Å². The van der Waals surface area contributed by atoms with Crippen LogP contribution in [0.25, 0.3) is 5.69 Å². The van der Waals surface area contributed by atoms with Gasteiger partial charge in [0, 0.05) is 24.2 Å². The molecule has 0 saturated carbocycles. The van der Waals surface area contributed by atoms with Gasteiger partial charge in [0.2, 0.25) is 17.7 Å². The van der Waals surface area contributed by atoms with Crippen molar-refractivity contribution in [2.45, 2.75) is 52.2 Å². The minimum Gasteiger partial charge on any atom is -0.352 e. The summed E-state index contributed by atoms with van der Waals surface area (Å²) < 4.78 is 1.88. The fourth-order valence-corrected chi connectivity index (χ4v) is 4.22. The fraction of sp³-hybridized carbons (Fsp3) is 0.308. The van der Waals surface area contributed by atoms with Gasteiger partial charge in [0.1, 0.15) is 12.1 Å². The number of nitrogens with zero attached hydrogens (tertiary/aromatic N) is 2. The maximum absolute atomic E-state index is 12.6. The zero-order valence-electron chi connectivity index (χ0n) is 19.6. The van der Waals surface area contributed by atoms with Gasteiger partial charge < -0.3 is 16.0 Å². The number of hydrogen-bond donors (Lipinski definition) is 3. The molecule has 0 spiro atoms. The van der Waals surface area contributed by atoms with Crippen LogP contribution in [-0.2, 0) is 27.3 Å². The molecule has 0 aliphatic carbocycles. The van der Waals surface area contributed by atoms with E-state index in [1.807, 2.05) is 80.1 Å². The highest BCUT2D eigenvalue weighted by Crippen LogP contribution is 2.20. The van der Waals surface area contributed by atoms with Crippen molar-refractivity contribution in [3.63, 3.8) is 0 Å². The van der Waals surface area contributed by atoms with Gasteiger partial charge >= 0.3 is 0 Å². The molecule has 3 N–H and O–H groups in total. The van der Waals surface area contributed by atoms with E-state index in [2.05, 4.69) is 21.0 Å². The molecule has 1 saturated heterocycles. The van der Waals surface area contributed by atoms with E-state index in [1.54, 1.807) is 0 Å². The van der Waals surface area contributed by atoms with Gasteiger partial charge in [-0.25, -0.2) is 4.68 Å². The topological polar surface area (TPSA) is 105 Å². The second kappa shape index (κ2) is 9.91. The van der Waals surface area contributed by atoms with Crippen LogP contribution < -0.4 is 16.0 Å². The second-order valence-corrected chi connectivity index (χ2v) is 8.64. The Balaban J connectivity index is 1.35. The zero-order valence-corrected chi connectivity index (χ0v) is 19.6. The summed E-state index contributed by atoms with van der Waals surface area (Å²) in [6.45, 7) is 6.20. The summed E-state index contributed by atoms with van der Waals surface area (Å²) in [5.74, 6) is -0.952. The number of amides is 3. The minimum absolute atomic E-state index is 0.125. The molecule has 2 aromatic carbocycles. The molecular weight excluding hydrogens is 430 g/mol. The Kier molecular flexibility index (Phi) is 6.77. The highest BCUT2D eigenvalue weighted by molar-refractivity contribution is 5.99. The molecule has 8 heteroatoms. The summed E-state index contributed by atoms with van der Waals surface area (Å²) in [4.78, 5) is 37.6. The number of aryl methyl sites for hydroxylation is 2. The monoisotopic (exact) mass is 459 g/mol. The third-order valence-electron chi connectivity index (χ3n) is 6.19. The van der Waals surface area contributed by atoms with Crippen molar-refractivity contribution in [3.8, 4) is 5.69 Å². The molecule has 0 unspecified atom stereocenters. The van der Waals surface area contributed by atoms with E-state index in [4.69, 9.17) is 0 Å². The van der Waals surface area contributed by atoms with Crippen molar-refractivity contribution in [2.24, 2.45) is 0 Å². The average Bonchev–Trinajstić information content (AvgIpc) is 3.09. The Morgan fingerprint density at radius 2 is 1.59 bits per heavy atom. The summed E-state index contributed by atoms with van der Waals surface area (Å²) in [6.07, 6.45) is 0.278. The number of carbonyl (C=O) groups is 3. The number of hydrogen-bond acceptors (Lipinski definition) is 4. The standard InChI is InChI=1S/C26H29N5O3/c1-16-9-7-8-12-23(16)31-18(3)20(17(2)30-31)15-27-24(32)14-22-26(34)28-21(25(33)29-22)13-19-10-5-4-6-11-19/h4-12,21-22H,13-15H2,1-3H3,(H,27,32)(H,28,34)(H,29,33)/t21-,22-/m0/s1. The summed E-state index contributed by atoms with van der Waals surface area (Å²) >= 11 is 0. The van der Waals surface area contributed by atoms with Gasteiger partial charge in [-0.2, -0.15) is 5.10 Å². The van der Waals surface area contributed by atoms with Crippen LogP contribution in [0, 0.1) is 20.8 Å². The first-order valence-corrected chi connectivity index (χ1v) is 11.4. The number of rotatable bonds is 7. The van der Waals surface area contributed by atoms with E-state index in [-0.39, 0.29) is 24.1 Å². The van der Waals surface area contributed by atoms with Gasteiger partial charge in [0.15, 0.2) is 0 Å². The van der Waals surface area contributed by atoms with Crippen LogP contribution in [0.1, 0.15) is 34.5 Å². The Morgan fingerprint density at radius 3 is 2.32 bits per heavy atom. The SMILES string of the molecule is Cc1ccccc1-n1nc(C)c(CNC(=O)C[C@@H]2NC(=O)[C@H](Cc3ccccc3)NC2=O)c1C. The number of piperazine rings is 1. The molecule has 1 fully saturated rings. The number of nitrogens with one attached hydrogen (secondary N) is 3. The Hall–Kier alpha value is -3.94. The van der Waals surface area contributed by atoms with Crippen molar-refractivity contribution >= 4 is 17.7 Å². The van der Waals surface area contributed by atoms with Gasteiger partial charge in [-0.1, -0.05) is 48.5 Å². The first-order valence-electron chi connectivity index (χ1n) is 11.4. The van der Waals surface area contributed by atoms with Gasteiger partial charge in [-0.3, -0.25) is 14.4 Å². The van der Waals surface area contributed by atoms with Crippen molar-refractivity contribution in [1.82, 2.24) is 25.7 Å². The molecule has 2 atom stereocenters. The average molecular weight is 460 g/mol. The summed E-state index contributed by atoms with van der Waals surface area (Å²) in [5.41, 5.74) is 5.75. The first-order chi connectivity index (χ1) is 16.3. The smallest absolute Gasteiger partial charge is 0.243 e. The lowest BCUT2D eigenvalue weighted by Gasteiger charge is -2.29. The Bertz CT molecular complexity index is 1220. The van der Waals surface area contributed by atoms with E-state index < -0.39 is 12.1 Å². The predicted octanol–water partition coefficient (Wildman–Crippen LogP) is 2.03. The molecule has 1 aromatic heterocycles. The van der Waals surface area contributed by atoms with Crippen molar-refractivity contribution in [2.75, 3.05) is 0 Å². The molecule has 1 aliphatic rings. The third kappa shape index (κ3) is 5.01. The third-order valence-corrected chi connectivity index (χ3v) is 6.19. The van der Waals surface area contributed by atoms with Crippen LogP contribution in [-0.4, -0.2) is 39.6 Å². The largest absolute Gasteiger partial charge is 0.352 e. The van der Waals surface area contributed by atoms with Gasteiger partial charge in [-0.05, 0) is 38.0 Å². The summed E-state index contributed by atoms with van der Waals surface area (Å²) in [5, 5.41) is 13.0. The van der Waals surface area contributed by atoms with Crippen LogP contribution in [0.2, 0.25) is 0 Å². The molecule has 176 valence electrons. The lowest BCUT2D eigenvalue weighted by molar-refractivity contribution is -0.138. The highest BCUT2D eigenvalue weighted by Gasteiger charge is 2.34. The second-order valence-electron chi connectivity index (χ2n) is 8.64. The number of para-hydroxylation sites is 1. The maximum atomic E-state index is 12.6. The zero-order chi connectivity index (χ0) is 24.2. The van der Waals surface area contributed by atoms with Crippen molar-refractivity contribution in [1.29, 1.82) is 0 Å². The molecule has 4 rings (SSSR count). The van der Waals surface area contributed by atoms with Gasteiger partial charge in [-0.15, -0.1) is 0 Å². The fourth-order valence-electron chi connectivity index (χ4n) is 4.22. The van der Waals surface area contributed by atoms with Crippen LogP contribution >= 0.6 is 0 Å². The van der Waals surface area contributed by atoms with Crippen molar-refractivity contribution < 1.29 is 14.4 Å². The number of carbonyl (C=O) groups excluding carboxylic acids is 3. The number of benzene rings is 2. The molecule has 8 nitrogen and oxygen atoms in total. The Labute approximate surface area is 198 Å². The van der Waals surface area contributed by atoms with Crippen LogP contribution in [0.15, 0.2) is 54.6 Å². The molecule has 34 heavy (non-hydrogen) atoms. The first kappa shape index (κ1) is 23.2. The number of aromatic nitrogens is 2. The van der Waals surface area contributed by atoms with Crippen molar-refractivity contribution in [3.05, 3.63) is 82.7 Å². The molecular formula is C26H29N5O3. The lowest BCUT2D eigenvalue weighted by Crippen LogP contribution is -2.63. The van der Waals surface area contributed by atoms with Gasteiger partial charge in [0.25, 0.3) is 0 Å². The van der Waals surface area contributed by atoms with E-state index in [0.717, 1.165) is 33.8 Å². The molecule has 1 aliphatic heterocycles. The Morgan fingerprint density at radius 1 is 0.941 bits per heavy atom. The maximum Gasteiger partial charge on any atom is 0.243 e.